The molecular weight excluding hydrogens is 236 g/mol. The summed E-state index contributed by atoms with van der Waals surface area (Å²) in [7, 11) is 1.72. The number of hydrogen-bond acceptors (Lipinski definition) is 3. The Hall–Kier alpha value is -1.06. The van der Waals surface area contributed by atoms with Crippen LogP contribution in [0.3, 0.4) is 0 Å². The summed E-state index contributed by atoms with van der Waals surface area (Å²) in [6, 6.07) is 6.64. The van der Waals surface area contributed by atoms with Gasteiger partial charge in [-0.3, -0.25) is 11.3 Å². The molecule has 0 saturated heterocycles. The maximum absolute atomic E-state index is 5.82. The third-order valence-corrected chi connectivity index (χ3v) is 4.42. The standard InChI is InChI=1S/C16H26N2O/c1-11-5-4-6-13(9-11)16(18-17)14-8-7-12(2)15(10-14)19-3/h7-8,10-11,13,16,18H,4-6,9,17H2,1-3H3. The van der Waals surface area contributed by atoms with Crippen molar-refractivity contribution in [2.45, 2.75) is 45.6 Å². The molecule has 2 rings (SSSR count). The largest absolute Gasteiger partial charge is 0.496 e. The Balaban J connectivity index is 2.21. The van der Waals surface area contributed by atoms with E-state index in [1.807, 2.05) is 0 Å². The number of benzene rings is 1. The molecule has 0 aliphatic heterocycles. The van der Waals surface area contributed by atoms with Gasteiger partial charge in [-0.1, -0.05) is 31.9 Å². The SMILES string of the molecule is COc1cc(C(NN)C2CCCC(C)C2)ccc1C. The van der Waals surface area contributed by atoms with E-state index in [1.54, 1.807) is 7.11 Å². The minimum Gasteiger partial charge on any atom is -0.496 e. The van der Waals surface area contributed by atoms with Crippen molar-refractivity contribution >= 4 is 0 Å². The molecule has 0 bridgehead atoms. The number of rotatable bonds is 4. The second-order valence-electron chi connectivity index (χ2n) is 5.91. The van der Waals surface area contributed by atoms with Gasteiger partial charge in [0.15, 0.2) is 0 Å². The summed E-state index contributed by atoms with van der Waals surface area (Å²) in [4.78, 5) is 0. The molecule has 1 fully saturated rings. The maximum atomic E-state index is 5.82. The number of nitrogens with one attached hydrogen (secondary N) is 1. The van der Waals surface area contributed by atoms with E-state index in [0.717, 1.165) is 11.7 Å². The Morgan fingerprint density at radius 1 is 1.37 bits per heavy atom. The monoisotopic (exact) mass is 262 g/mol. The molecule has 1 aliphatic rings. The van der Waals surface area contributed by atoms with E-state index in [0.29, 0.717) is 5.92 Å². The lowest BCUT2D eigenvalue weighted by Gasteiger charge is -2.33. The summed E-state index contributed by atoms with van der Waals surface area (Å²) >= 11 is 0. The van der Waals surface area contributed by atoms with Crippen LogP contribution in [0.15, 0.2) is 18.2 Å². The number of hydrazine groups is 1. The summed E-state index contributed by atoms with van der Waals surface area (Å²) in [5.74, 6) is 8.20. The second-order valence-corrected chi connectivity index (χ2v) is 5.91. The van der Waals surface area contributed by atoms with Gasteiger partial charge in [-0.25, -0.2) is 0 Å². The van der Waals surface area contributed by atoms with Crippen LogP contribution in [0.2, 0.25) is 0 Å². The predicted molar refractivity (Wildman–Crippen MR) is 78.9 cm³/mol. The van der Waals surface area contributed by atoms with E-state index in [4.69, 9.17) is 10.6 Å². The predicted octanol–water partition coefficient (Wildman–Crippen LogP) is 3.33. The van der Waals surface area contributed by atoms with Gasteiger partial charge in [-0.2, -0.15) is 0 Å². The molecule has 1 aromatic carbocycles. The summed E-state index contributed by atoms with van der Waals surface area (Å²) in [6.07, 6.45) is 5.18. The van der Waals surface area contributed by atoms with Crippen molar-refractivity contribution in [2.24, 2.45) is 17.7 Å². The molecule has 1 aliphatic carbocycles. The van der Waals surface area contributed by atoms with Crippen LogP contribution in [-0.2, 0) is 0 Å². The van der Waals surface area contributed by atoms with E-state index in [9.17, 15) is 0 Å². The zero-order chi connectivity index (χ0) is 13.8. The normalized spacial score (nSPS) is 25.1. The van der Waals surface area contributed by atoms with Crippen molar-refractivity contribution in [1.29, 1.82) is 0 Å². The average Bonchev–Trinajstić information content (AvgIpc) is 2.41. The van der Waals surface area contributed by atoms with Crippen molar-refractivity contribution < 1.29 is 4.74 Å². The molecule has 0 aromatic heterocycles. The van der Waals surface area contributed by atoms with Crippen LogP contribution in [0.4, 0.5) is 0 Å². The smallest absolute Gasteiger partial charge is 0.122 e. The van der Waals surface area contributed by atoms with E-state index in [1.165, 1.54) is 36.8 Å². The molecule has 0 radical (unpaired) electrons. The Morgan fingerprint density at radius 2 is 2.16 bits per heavy atom. The lowest BCUT2D eigenvalue weighted by Crippen LogP contribution is -2.35. The van der Waals surface area contributed by atoms with E-state index >= 15 is 0 Å². The van der Waals surface area contributed by atoms with E-state index in [2.05, 4.69) is 37.5 Å². The first kappa shape index (κ1) is 14.4. The van der Waals surface area contributed by atoms with Gasteiger partial charge < -0.3 is 4.74 Å². The first-order valence-electron chi connectivity index (χ1n) is 7.26. The first-order valence-corrected chi connectivity index (χ1v) is 7.26. The van der Waals surface area contributed by atoms with Crippen LogP contribution in [0, 0.1) is 18.8 Å². The highest BCUT2D eigenvalue weighted by Gasteiger charge is 2.27. The topological polar surface area (TPSA) is 47.3 Å². The minimum atomic E-state index is 0.234. The van der Waals surface area contributed by atoms with Gasteiger partial charge in [0.1, 0.15) is 5.75 Å². The highest BCUT2D eigenvalue weighted by Crippen LogP contribution is 2.37. The number of hydrogen-bond donors (Lipinski definition) is 2. The molecule has 3 heteroatoms. The summed E-state index contributed by atoms with van der Waals surface area (Å²) in [6.45, 7) is 4.41. The molecular formula is C16H26N2O. The van der Waals surface area contributed by atoms with Crippen LogP contribution in [-0.4, -0.2) is 7.11 Å². The quantitative estimate of drug-likeness (QED) is 0.646. The highest BCUT2D eigenvalue weighted by molar-refractivity contribution is 5.38. The molecule has 106 valence electrons. The second kappa shape index (κ2) is 6.40. The third-order valence-electron chi connectivity index (χ3n) is 4.42. The lowest BCUT2D eigenvalue weighted by atomic mass is 9.77. The van der Waals surface area contributed by atoms with Crippen molar-refractivity contribution in [1.82, 2.24) is 5.43 Å². The molecule has 0 spiro atoms. The molecule has 3 nitrogen and oxygen atoms in total. The van der Waals surface area contributed by atoms with Crippen LogP contribution >= 0.6 is 0 Å². The molecule has 1 aromatic rings. The van der Waals surface area contributed by atoms with Crippen LogP contribution in [0.25, 0.3) is 0 Å². The molecule has 1 saturated carbocycles. The summed E-state index contributed by atoms with van der Waals surface area (Å²) in [5.41, 5.74) is 5.43. The zero-order valence-corrected chi connectivity index (χ0v) is 12.3. The van der Waals surface area contributed by atoms with Gasteiger partial charge >= 0.3 is 0 Å². The van der Waals surface area contributed by atoms with Crippen molar-refractivity contribution in [3.63, 3.8) is 0 Å². The van der Waals surface area contributed by atoms with Crippen molar-refractivity contribution in [3.8, 4) is 5.75 Å². The number of methoxy groups -OCH3 is 1. The fraction of sp³-hybridized carbons (Fsp3) is 0.625. The number of aryl methyl sites for hydroxylation is 1. The Labute approximate surface area is 116 Å². The zero-order valence-electron chi connectivity index (χ0n) is 12.3. The number of nitrogens with two attached hydrogens (primary N) is 1. The molecule has 3 atom stereocenters. The van der Waals surface area contributed by atoms with Crippen molar-refractivity contribution in [2.75, 3.05) is 7.11 Å². The molecule has 0 heterocycles. The molecule has 19 heavy (non-hydrogen) atoms. The fourth-order valence-electron chi connectivity index (χ4n) is 3.32. The van der Waals surface area contributed by atoms with Crippen LogP contribution < -0.4 is 16.0 Å². The van der Waals surface area contributed by atoms with Crippen LogP contribution in [0.5, 0.6) is 5.75 Å². The maximum Gasteiger partial charge on any atom is 0.122 e. The minimum absolute atomic E-state index is 0.234. The van der Waals surface area contributed by atoms with Gasteiger partial charge in [0.25, 0.3) is 0 Å². The Bertz CT molecular complexity index is 419. The molecule has 3 unspecified atom stereocenters. The average molecular weight is 262 g/mol. The van der Waals surface area contributed by atoms with Crippen molar-refractivity contribution in [3.05, 3.63) is 29.3 Å². The highest BCUT2D eigenvalue weighted by atomic mass is 16.5. The van der Waals surface area contributed by atoms with Gasteiger partial charge in [-0.05, 0) is 48.8 Å². The summed E-state index contributed by atoms with van der Waals surface area (Å²) < 4.78 is 5.42. The Kier molecular flexibility index (Phi) is 4.83. The van der Waals surface area contributed by atoms with Crippen LogP contribution in [0.1, 0.15) is 49.8 Å². The fourth-order valence-corrected chi connectivity index (χ4v) is 3.32. The summed E-state index contributed by atoms with van der Waals surface area (Å²) in [5, 5.41) is 0. The Morgan fingerprint density at radius 3 is 2.79 bits per heavy atom. The van der Waals surface area contributed by atoms with Gasteiger partial charge in [0.2, 0.25) is 0 Å². The molecule has 0 amide bonds. The van der Waals surface area contributed by atoms with E-state index in [-0.39, 0.29) is 6.04 Å². The van der Waals surface area contributed by atoms with Gasteiger partial charge in [0.05, 0.1) is 7.11 Å². The number of ether oxygens (including phenoxy) is 1. The first-order chi connectivity index (χ1) is 9.15. The lowest BCUT2D eigenvalue weighted by molar-refractivity contribution is 0.224. The third kappa shape index (κ3) is 3.28. The molecule has 3 N–H and O–H groups in total. The van der Waals surface area contributed by atoms with Gasteiger partial charge in [-0.15, -0.1) is 0 Å². The van der Waals surface area contributed by atoms with Gasteiger partial charge in [0, 0.05) is 6.04 Å². The van der Waals surface area contributed by atoms with E-state index < -0.39 is 0 Å².